The third-order valence-electron chi connectivity index (χ3n) is 3.67. The number of amides is 1. The Labute approximate surface area is 130 Å². The zero-order valence-electron chi connectivity index (χ0n) is 13.3. The summed E-state index contributed by atoms with van der Waals surface area (Å²) in [5.74, 6) is -0.495. The minimum Gasteiger partial charge on any atom is -0.481 e. The van der Waals surface area contributed by atoms with Crippen molar-refractivity contribution in [2.75, 3.05) is 19.7 Å². The van der Waals surface area contributed by atoms with Crippen molar-refractivity contribution < 1.29 is 23.8 Å². The van der Waals surface area contributed by atoms with Gasteiger partial charge in [-0.3, -0.25) is 9.59 Å². The maximum atomic E-state index is 12.6. The molecule has 122 valence electrons. The fourth-order valence-electron chi connectivity index (χ4n) is 2.59. The van der Waals surface area contributed by atoms with Crippen molar-refractivity contribution in [1.29, 1.82) is 0 Å². The van der Waals surface area contributed by atoms with Crippen molar-refractivity contribution >= 4 is 11.9 Å². The predicted molar refractivity (Wildman–Crippen MR) is 79.9 cm³/mol. The summed E-state index contributed by atoms with van der Waals surface area (Å²) in [4.78, 5) is 25.2. The van der Waals surface area contributed by atoms with Crippen LogP contribution in [-0.4, -0.2) is 47.7 Å². The van der Waals surface area contributed by atoms with Gasteiger partial charge >= 0.3 is 5.97 Å². The second-order valence-electron chi connectivity index (χ2n) is 6.18. The molecule has 1 N–H and O–H groups in total. The van der Waals surface area contributed by atoms with E-state index >= 15 is 0 Å². The van der Waals surface area contributed by atoms with Gasteiger partial charge in [0.2, 0.25) is 0 Å². The average Bonchev–Trinajstić information content (AvgIpc) is 3.03. The van der Waals surface area contributed by atoms with Crippen LogP contribution in [0.1, 0.15) is 41.9 Å². The van der Waals surface area contributed by atoms with Crippen LogP contribution in [0.3, 0.4) is 0 Å². The Kier molecular flexibility index (Phi) is 5.24. The molecule has 6 nitrogen and oxygen atoms in total. The van der Waals surface area contributed by atoms with Gasteiger partial charge in [-0.05, 0) is 19.3 Å². The quantitative estimate of drug-likeness (QED) is 0.870. The Morgan fingerprint density at radius 2 is 2.23 bits per heavy atom. The number of nitrogens with zero attached hydrogens (tertiary/aromatic N) is 1. The van der Waals surface area contributed by atoms with E-state index in [2.05, 4.69) is 13.8 Å². The molecule has 0 saturated carbocycles. The molecule has 1 aromatic heterocycles. The minimum atomic E-state index is -1.01. The molecule has 1 fully saturated rings. The van der Waals surface area contributed by atoms with Gasteiger partial charge in [0, 0.05) is 25.3 Å². The highest BCUT2D eigenvalue weighted by atomic mass is 16.5. The molecule has 2 heterocycles. The van der Waals surface area contributed by atoms with Crippen LogP contribution in [0.15, 0.2) is 10.7 Å². The van der Waals surface area contributed by atoms with E-state index in [1.807, 2.05) is 0 Å². The van der Waals surface area contributed by atoms with Crippen LogP contribution in [0.5, 0.6) is 0 Å². The lowest BCUT2D eigenvalue weighted by atomic mass is 10.1. The summed E-state index contributed by atoms with van der Waals surface area (Å²) in [6.45, 7) is 7.78. The van der Waals surface area contributed by atoms with Crippen LogP contribution < -0.4 is 0 Å². The van der Waals surface area contributed by atoms with Crippen molar-refractivity contribution in [2.45, 2.75) is 39.7 Å². The largest absolute Gasteiger partial charge is 0.481 e. The highest BCUT2D eigenvalue weighted by Gasteiger charge is 2.31. The molecule has 1 aliphatic heterocycles. The molecule has 2 rings (SSSR count). The molecule has 6 heteroatoms. The molecule has 1 aliphatic rings. The number of ether oxygens (including phenoxy) is 1. The summed E-state index contributed by atoms with van der Waals surface area (Å²) in [6, 6.07) is 0. The van der Waals surface area contributed by atoms with Gasteiger partial charge in [-0.2, -0.15) is 0 Å². The van der Waals surface area contributed by atoms with Gasteiger partial charge in [-0.25, -0.2) is 0 Å². The summed E-state index contributed by atoms with van der Waals surface area (Å²) in [5, 5.41) is 8.91. The van der Waals surface area contributed by atoms with Crippen molar-refractivity contribution in [1.82, 2.24) is 4.90 Å². The molecule has 1 aromatic rings. The minimum absolute atomic E-state index is 0.0569. The SMILES string of the molecule is Cc1coc(CC(=O)O)c1C(=O)N1CCC(OCC(C)C)C1. The van der Waals surface area contributed by atoms with Crippen LogP contribution >= 0.6 is 0 Å². The van der Waals surface area contributed by atoms with Crippen molar-refractivity contribution in [3.05, 3.63) is 23.2 Å². The highest BCUT2D eigenvalue weighted by molar-refractivity contribution is 5.97. The Bertz CT molecular complexity index is 549. The van der Waals surface area contributed by atoms with E-state index < -0.39 is 5.97 Å². The number of aryl methyl sites for hydroxylation is 1. The number of carboxylic acid groups (broad SMARTS) is 1. The first-order chi connectivity index (χ1) is 10.4. The number of rotatable bonds is 6. The van der Waals surface area contributed by atoms with Crippen LogP contribution in [0.25, 0.3) is 0 Å². The van der Waals surface area contributed by atoms with E-state index in [1.54, 1.807) is 11.8 Å². The number of aliphatic carboxylic acids is 1. The predicted octanol–water partition coefficient (Wildman–Crippen LogP) is 2.10. The molecule has 22 heavy (non-hydrogen) atoms. The fourth-order valence-corrected chi connectivity index (χ4v) is 2.59. The third-order valence-corrected chi connectivity index (χ3v) is 3.67. The molecule has 1 atom stereocenters. The molecule has 0 radical (unpaired) electrons. The van der Waals surface area contributed by atoms with E-state index in [1.165, 1.54) is 6.26 Å². The first-order valence-corrected chi connectivity index (χ1v) is 7.58. The number of hydrogen-bond acceptors (Lipinski definition) is 4. The van der Waals surface area contributed by atoms with E-state index in [0.29, 0.717) is 36.7 Å². The Balaban J connectivity index is 2.03. The van der Waals surface area contributed by atoms with Crippen LogP contribution in [0.2, 0.25) is 0 Å². The van der Waals surface area contributed by atoms with Crippen molar-refractivity contribution in [3.63, 3.8) is 0 Å². The highest BCUT2D eigenvalue weighted by Crippen LogP contribution is 2.23. The third kappa shape index (κ3) is 3.88. The van der Waals surface area contributed by atoms with Gasteiger partial charge in [0.15, 0.2) is 0 Å². The lowest BCUT2D eigenvalue weighted by Crippen LogP contribution is -2.31. The summed E-state index contributed by atoms with van der Waals surface area (Å²) >= 11 is 0. The molecule has 1 amide bonds. The van der Waals surface area contributed by atoms with Gasteiger partial charge in [0.25, 0.3) is 5.91 Å². The molecular formula is C16H23NO5. The molecule has 0 aromatic carbocycles. The number of carbonyl (C=O) groups is 2. The van der Waals surface area contributed by atoms with Gasteiger partial charge < -0.3 is 19.2 Å². The van der Waals surface area contributed by atoms with Crippen molar-refractivity contribution in [3.8, 4) is 0 Å². The molecule has 1 saturated heterocycles. The monoisotopic (exact) mass is 309 g/mol. The van der Waals surface area contributed by atoms with Crippen LogP contribution in [-0.2, 0) is 16.0 Å². The van der Waals surface area contributed by atoms with E-state index in [-0.39, 0.29) is 24.2 Å². The second-order valence-corrected chi connectivity index (χ2v) is 6.18. The maximum Gasteiger partial charge on any atom is 0.311 e. The van der Waals surface area contributed by atoms with Crippen LogP contribution in [0, 0.1) is 12.8 Å². The van der Waals surface area contributed by atoms with Crippen LogP contribution in [0.4, 0.5) is 0 Å². The Morgan fingerprint density at radius 1 is 1.50 bits per heavy atom. The number of likely N-dealkylation sites (tertiary alicyclic amines) is 1. The first kappa shape index (κ1) is 16.5. The lowest BCUT2D eigenvalue weighted by molar-refractivity contribution is -0.136. The normalized spacial score (nSPS) is 18.2. The van der Waals surface area contributed by atoms with E-state index in [0.717, 1.165) is 6.42 Å². The van der Waals surface area contributed by atoms with E-state index in [4.69, 9.17) is 14.3 Å². The van der Waals surface area contributed by atoms with Gasteiger partial charge in [-0.15, -0.1) is 0 Å². The van der Waals surface area contributed by atoms with Gasteiger partial charge in [0.05, 0.1) is 17.9 Å². The smallest absolute Gasteiger partial charge is 0.311 e. The summed E-state index contributed by atoms with van der Waals surface area (Å²) in [7, 11) is 0. The Hall–Kier alpha value is -1.82. The standard InChI is InChI=1S/C16H23NO5/c1-10(2)8-21-12-4-5-17(7-12)16(20)15-11(3)9-22-13(15)6-14(18)19/h9-10,12H,4-8H2,1-3H3,(H,18,19). The zero-order chi connectivity index (χ0) is 16.3. The van der Waals surface area contributed by atoms with Crippen molar-refractivity contribution in [2.24, 2.45) is 5.92 Å². The second kappa shape index (κ2) is 6.96. The molecule has 0 aliphatic carbocycles. The molecule has 1 unspecified atom stereocenters. The number of hydrogen-bond donors (Lipinski definition) is 1. The molecule has 0 spiro atoms. The average molecular weight is 309 g/mol. The Morgan fingerprint density at radius 3 is 2.86 bits per heavy atom. The van der Waals surface area contributed by atoms with E-state index in [9.17, 15) is 9.59 Å². The number of carbonyl (C=O) groups excluding carboxylic acids is 1. The maximum absolute atomic E-state index is 12.6. The summed E-state index contributed by atoms with van der Waals surface area (Å²) in [5.41, 5.74) is 1.06. The first-order valence-electron chi connectivity index (χ1n) is 7.58. The van der Waals surface area contributed by atoms with Gasteiger partial charge in [-0.1, -0.05) is 13.8 Å². The number of carboxylic acids is 1. The topological polar surface area (TPSA) is 80.0 Å². The summed E-state index contributed by atoms with van der Waals surface area (Å²) < 4.78 is 11.0. The van der Waals surface area contributed by atoms with Gasteiger partial charge in [0.1, 0.15) is 12.2 Å². The molecular weight excluding hydrogens is 286 g/mol. The lowest BCUT2D eigenvalue weighted by Gasteiger charge is -2.17. The zero-order valence-corrected chi connectivity index (χ0v) is 13.3. The summed E-state index contributed by atoms with van der Waals surface area (Å²) in [6.07, 6.45) is 2.02. The fraction of sp³-hybridized carbons (Fsp3) is 0.625. The molecule has 0 bridgehead atoms. The number of furan rings is 1.